The van der Waals surface area contributed by atoms with Crippen molar-refractivity contribution in [3.63, 3.8) is 0 Å². The molecule has 0 saturated carbocycles. The maximum Gasteiger partial charge on any atom is 0.472 e. The Hall–Kier alpha value is -1.94. The average Bonchev–Trinajstić information content (AvgIpc) is 2.04. The van der Waals surface area contributed by atoms with Crippen LogP contribution in [0.2, 0.25) is 0 Å². The molecule has 0 aromatic heterocycles. The highest BCUT2D eigenvalue weighted by atomic mass is 31.2. The lowest BCUT2D eigenvalue weighted by molar-refractivity contribution is -0.161. The average molecular weight is 1450 g/mol. The molecule has 0 radical (unpaired) electrons. The Kier molecular flexibility index (Phi) is 71.6. The van der Waals surface area contributed by atoms with Gasteiger partial charge >= 0.3 is 39.5 Å². The first kappa shape index (κ1) is 97.1. The van der Waals surface area contributed by atoms with E-state index in [9.17, 15) is 43.2 Å². The van der Waals surface area contributed by atoms with Crippen LogP contribution in [-0.4, -0.2) is 96.7 Å². The molecule has 0 aromatic rings. The van der Waals surface area contributed by atoms with E-state index in [-0.39, 0.29) is 25.7 Å². The second kappa shape index (κ2) is 73.0. The summed E-state index contributed by atoms with van der Waals surface area (Å²) in [5.41, 5.74) is 0. The predicted molar refractivity (Wildman–Crippen MR) is 405 cm³/mol. The minimum atomic E-state index is -4.96. The van der Waals surface area contributed by atoms with Crippen molar-refractivity contribution in [2.24, 2.45) is 5.92 Å². The van der Waals surface area contributed by atoms with E-state index >= 15 is 0 Å². The number of phosphoric acid groups is 2. The highest BCUT2D eigenvalue weighted by Crippen LogP contribution is 2.45. The molecule has 0 saturated heterocycles. The van der Waals surface area contributed by atoms with Crippen LogP contribution >= 0.6 is 15.6 Å². The van der Waals surface area contributed by atoms with Crippen LogP contribution in [0.1, 0.15) is 426 Å². The van der Waals surface area contributed by atoms with Crippen molar-refractivity contribution in [2.75, 3.05) is 39.6 Å². The van der Waals surface area contributed by atoms with Crippen molar-refractivity contribution >= 4 is 39.5 Å². The zero-order valence-electron chi connectivity index (χ0n) is 64.6. The van der Waals surface area contributed by atoms with Gasteiger partial charge in [0.25, 0.3) is 0 Å². The summed E-state index contributed by atoms with van der Waals surface area (Å²) >= 11 is 0. The third-order valence-corrected chi connectivity index (χ3v) is 20.7. The van der Waals surface area contributed by atoms with Crippen molar-refractivity contribution in [1.29, 1.82) is 0 Å². The molecule has 0 aliphatic heterocycles. The summed E-state index contributed by atoms with van der Waals surface area (Å²) in [5.74, 6) is -1.39. The smallest absolute Gasteiger partial charge is 0.462 e. The Morgan fingerprint density at radius 1 is 0.273 bits per heavy atom. The molecule has 0 bridgehead atoms. The Bertz CT molecular complexity index is 1890. The highest BCUT2D eigenvalue weighted by molar-refractivity contribution is 7.47. The van der Waals surface area contributed by atoms with Crippen LogP contribution < -0.4 is 0 Å². The molecule has 99 heavy (non-hydrogen) atoms. The molecule has 0 spiro atoms. The molecule has 19 heteroatoms. The fourth-order valence-corrected chi connectivity index (χ4v) is 14.0. The Morgan fingerprint density at radius 3 is 0.687 bits per heavy atom. The zero-order chi connectivity index (χ0) is 72.7. The first-order valence-electron chi connectivity index (χ1n) is 41.6. The molecule has 2 unspecified atom stereocenters. The number of hydrogen-bond acceptors (Lipinski definition) is 15. The second-order valence-corrected chi connectivity index (χ2v) is 32.2. The van der Waals surface area contributed by atoms with E-state index in [0.717, 1.165) is 95.8 Å². The summed E-state index contributed by atoms with van der Waals surface area (Å²) in [7, 11) is -9.91. The number of unbranched alkanes of at least 4 members (excludes halogenated alkanes) is 52. The summed E-state index contributed by atoms with van der Waals surface area (Å²) in [4.78, 5) is 72.9. The first-order valence-corrected chi connectivity index (χ1v) is 44.6. The van der Waals surface area contributed by atoms with Gasteiger partial charge in [-0.3, -0.25) is 37.3 Å². The Morgan fingerprint density at radius 2 is 0.465 bits per heavy atom. The van der Waals surface area contributed by atoms with Crippen molar-refractivity contribution in [1.82, 2.24) is 0 Å². The van der Waals surface area contributed by atoms with Crippen LogP contribution in [0, 0.1) is 5.92 Å². The van der Waals surface area contributed by atoms with E-state index in [1.165, 1.54) is 250 Å². The standard InChI is InChI=1S/C80H156O17P2/c1-6-9-12-15-18-21-24-26-28-30-31-32-34-36-38-41-44-50-55-60-65-79(84)96-75(69-91-78(83)64-59-54-49-43-40-37-35-33-29-27-25-22-19-16-13-10-7-2)71-94-98(86,87)92-67-74(81)68-93-99(88,89)95-72-76(97-80(85)66-61-56-51-46-45-47-52-57-62-73(4)5)70-90-77(82)63-58-53-48-42-39-23-20-17-14-11-8-3/h73-76,81H,6-72H2,1-5H3,(H,86,87)(H,88,89)/t74-,75-,76-/m1/s1. The van der Waals surface area contributed by atoms with E-state index in [1.807, 2.05) is 0 Å². The van der Waals surface area contributed by atoms with Crippen LogP contribution in [0.15, 0.2) is 0 Å². The maximum atomic E-state index is 13.1. The lowest BCUT2D eigenvalue weighted by Gasteiger charge is -2.21. The van der Waals surface area contributed by atoms with Crippen molar-refractivity contribution in [3.05, 3.63) is 0 Å². The molecule has 0 aliphatic rings. The van der Waals surface area contributed by atoms with E-state index in [2.05, 4.69) is 34.6 Å². The summed E-state index contributed by atoms with van der Waals surface area (Å²) in [6, 6.07) is 0. The third kappa shape index (κ3) is 74.1. The number of carbonyl (C=O) groups is 4. The Labute approximate surface area is 607 Å². The van der Waals surface area contributed by atoms with Gasteiger partial charge in [0.2, 0.25) is 0 Å². The summed E-state index contributed by atoms with van der Waals surface area (Å²) in [6.45, 7) is 7.28. The van der Waals surface area contributed by atoms with Gasteiger partial charge in [-0.2, -0.15) is 0 Å². The molecule has 0 aliphatic carbocycles. The van der Waals surface area contributed by atoms with Gasteiger partial charge in [0, 0.05) is 25.7 Å². The minimum absolute atomic E-state index is 0.105. The predicted octanol–water partition coefficient (Wildman–Crippen LogP) is 24.0. The van der Waals surface area contributed by atoms with Gasteiger partial charge in [0.1, 0.15) is 19.3 Å². The number of ether oxygens (including phenoxy) is 4. The van der Waals surface area contributed by atoms with Crippen molar-refractivity contribution < 1.29 is 80.2 Å². The lowest BCUT2D eigenvalue weighted by Crippen LogP contribution is -2.30. The quantitative estimate of drug-likeness (QED) is 0.0222. The second-order valence-electron chi connectivity index (χ2n) is 29.3. The van der Waals surface area contributed by atoms with E-state index in [0.29, 0.717) is 25.7 Å². The lowest BCUT2D eigenvalue weighted by atomic mass is 10.0. The van der Waals surface area contributed by atoms with Crippen molar-refractivity contribution in [3.8, 4) is 0 Å². The van der Waals surface area contributed by atoms with Gasteiger partial charge in [-0.15, -0.1) is 0 Å². The normalized spacial score (nSPS) is 13.9. The molecule has 5 atom stereocenters. The zero-order valence-corrected chi connectivity index (χ0v) is 66.4. The van der Waals surface area contributed by atoms with Crippen LogP contribution in [0.5, 0.6) is 0 Å². The van der Waals surface area contributed by atoms with Crippen LogP contribution in [-0.2, 0) is 65.4 Å². The van der Waals surface area contributed by atoms with Gasteiger partial charge in [-0.25, -0.2) is 9.13 Å². The summed E-state index contributed by atoms with van der Waals surface area (Å²) in [5, 5.41) is 10.6. The number of esters is 4. The van der Waals surface area contributed by atoms with Gasteiger partial charge in [-0.1, -0.05) is 375 Å². The SMILES string of the molecule is CCCCCCCCCCCCCCCCCCCCCCC(=O)O[C@H](COC(=O)CCCCCCCCCCCCCCCCCCC)COP(=O)(O)OC[C@@H](O)COP(=O)(O)OC[C@@H](COC(=O)CCCCCCCCCCCCC)OC(=O)CCCCCCCCCCC(C)C. The van der Waals surface area contributed by atoms with E-state index < -0.39 is 97.5 Å². The van der Waals surface area contributed by atoms with Gasteiger partial charge in [0.15, 0.2) is 12.2 Å². The fourth-order valence-electron chi connectivity index (χ4n) is 12.4. The molecule has 3 N–H and O–H groups in total. The first-order chi connectivity index (χ1) is 48.0. The van der Waals surface area contributed by atoms with Crippen LogP contribution in [0.25, 0.3) is 0 Å². The summed E-state index contributed by atoms with van der Waals surface area (Å²) < 4.78 is 68.6. The largest absolute Gasteiger partial charge is 0.472 e. The number of aliphatic hydroxyl groups is 1. The third-order valence-electron chi connectivity index (χ3n) is 18.8. The van der Waals surface area contributed by atoms with E-state index in [1.54, 1.807) is 0 Å². The molecule has 0 aromatic carbocycles. The number of rotatable bonds is 80. The molecule has 0 amide bonds. The van der Waals surface area contributed by atoms with Crippen LogP contribution in [0.3, 0.4) is 0 Å². The molecule has 0 heterocycles. The number of carbonyl (C=O) groups excluding carboxylic acids is 4. The van der Waals surface area contributed by atoms with Gasteiger partial charge in [0.05, 0.1) is 26.4 Å². The van der Waals surface area contributed by atoms with E-state index in [4.69, 9.17) is 37.0 Å². The minimum Gasteiger partial charge on any atom is -0.462 e. The molecule has 0 fully saturated rings. The van der Waals surface area contributed by atoms with Gasteiger partial charge < -0.3 is 33.8 Å². The number of aliphatic hydroxyl groups excluding tert-OH is 1. The number of hydrogen-bond donors (Lipinski definition) is 3. The topological polar surface area (TPSA) is 237 Å². The Balaban J connectivity index is 5.22. The van der Waals surface area contributed by atoms with Crippen molar-refractivity contribution in [2.45, 2.75) is 445 Å². The highest BCUT2D eigenvalue weighted by Gasteiger charge is 2.30. The molecule has 17 nitrogen and oxygen atoms in total. The molecule has 588 valence electrons. The van der Waals surface area contributed by atoms with Crippen LogP contribution in [0.4, 0.5) is 0 Å². The molecule has 0 rings (SSSR count). The molecular formula is C80H156O17P2. The fraction of sp³-hybridized carbons (Fsp3) is 0.950. The number of phosphoric ester groups is 2. The maximum absolute atomic E-state index is 13.1. The van der Waals surface area contributed by atoms with Gasteiger partial charge in [-0.05, 0) is 31.6 Å². The summed E-state index contributed by atoms with van der Waals surface area (Å²) in [6.07, 6.45) is 63.9. The molecular weight excluding hydrogens is 1290 g/mol. The monoisotopic (exact) mass is 1450 g/mol.